The van der Waals surface area contributed by atoms with E-state index in [-0.39, 0.29) is 36.8 Å². The minimum absolute atomic E-state index is 0. The third kappa shape index (κ3) is 5.47. The Morgan fingerprint density at radius 2 is 1.90 bits per heavy atom. The number of nitrogens with zero attached hydrogens (tertiary/aromatic N) is 1. The summed E-state index contributed by atoms with van der Waals surface area (Å²) in [6, 6.07) is 5.02. The normalized spacial score (nSPS) is 16.3. The molecule has 0 spiro atoms. The Bertz CT molecular complexity index is 467. The van der Waals surface area contributed by atoms with E-state index in [0.29, 0.717) is 15.7 Å². The van der Waals surface area contributed by atoms with Crippen LogP contribution in [0.25, 0.3) is 0 Å². The molecule has 1 amide bonds. The molecule has 1 unspecified atom stereocenters. The van der Waals surface area contributed by atoms with Crippen molar-refractivity contribution in [3.8, 4) is 0 Å². The van der Waals surface area contributed by atoms with Crippen LogP contribution in [0.15, 0.2) is 18.2 Å². The van der Waals surface area contributed by atoms with Crippen LogP contribution in [0.3, 0.4) is 0 Å². The van der Waals surface area contributed by atoms with Crippen LogP contribution in [-0.4, -0.2) is 43.0 Å². The average Bonchev–Trinajstić information content (AvgIpc) is 2.44. The van der Waals surface area contributed by atoms with Crippen molar-refractivity contribution in [1.82, 2.24) is 10.2 Å². The molecular formula is C13H19Cl4N3O. The first-order valence-corrected chi connectivity index (χ1v) is 7.05. The smallest absolute Gasteiger partial charge is 0.241 e. The standard InChI is InChI=1S/C13H17Cl2N3O.2ClH/c1-9(18-7-5-16-6-8-18)13(19)17-11-4-2-3-10(14)12(11)15;;/h2-4,9,16H,5-8H2,1H3,(H,17,19);2*1H. The van der Waals surface area contributed by atoms with Crippen LogP contribution < -0.4 is 10.6 Å². The summed E-state index contributed by atoms with van der Waals surface area (Å²) in [4.78, 5) is 14.3. The maximum atomic E-state index is 12.2. The molecule has 0 aromatic heterocycles. The van der Waals surface area contributed by atoms with Crippen molar-refractivity contribution in [2.24, 2.45) is 0 Å². The Labute approximate surface area is 147 Å². The van der Waals surface area contributed by atoms with Gasteiger partial charge in [-0.2, -0.15) is 0 Å². The molecule has 1 heterocycles. The number of rotatable bonds is 3. The van der Waals surface area contributed by atoms with Gasteiger partial charge < -0.3 is 10.6 Å². The van der Waals surface area contributed by atoms with Gasteiger partial charge in [-0.3, -0.25) is 9.69 Å². The highest BCUT2D eigenvalue weighted by Gasteiger charge is 2.23. The Kier molecular flexibility index (Phi) is 9.61. The summed E-state index contributed by atoms with van der Waals surface area (Å²) in [5, 5.41) is 6.91. The molecule has 1 aromatic carbocycles. The van der Waals surface area contributed by atoms with E-state index >= 15 is 0 Å². The van der Waals surface area contributed by atoms with Crippen LogP contribution in [0.4, 0.5) is 5.69 Å². The summed E-state index contributed by atoms with van der Waals surface area (Å²) in [5.74, 6) is -0.0638. The summed E-state index contributed by atoms with van der Waals surface area (Å²) < 4.78 is 0. The van der Waals surface area contributed by atoms with Gasteiger partial charge in [0, 0.05) is 26.2 Å². The van der Waals surface area contributed by atoms with Gasteiger partial charge in [-0.15, -0.1) is 24.8 Å². The lowest BCUT2D eigenvalue weighted by Gasteiger charge is -2.31. The molecule has 0 radical (unpaired) electrons. The van der Waals surface area contributed by atoms with Gasteiger partial charge >= 0.3 is 0 Å². The second kappa shape index (κ2) is 9.72. The second-order valence-electron chi connectivity index (χ2n) is 4.55. The number of piperazine rings is 1. The van der Waals surface area contributed by atoms with Gasteiger partial charge in [0.05, 0.1) is 21.8 Å². The Morgan fingerprint density at radius 1 is 1.29 bits per heavy atom. The molecule has 0 bridgehead atoms. The molecular weight excluding hydrogens is 356 g/mol. The van der Waals surface area contributed by atoms with E-state index in [0.717, 1.165) is 26.2 Å². The van der Waals surface area contributed by atoms with E-state index < -0.39 is 0 Å². The third-order valence-corrected chi connectivity index (χ3v) is 4.11. The quantitative estimate of drug-likeness (QED) is 0.854. The molecule has 4 nitrogen and oxygen atoms in total. The first-order valence-electron chi connectivity index (χ1n) is 6.29. The Balaban J connectivity index is 0.00000200. The number of hydrogen-bond acceptors (Lipinski definition) is 3. The van der Waals surface area contributed by atoms with Crippen LogP contribution in [0.1, 0.15) is 6.92 Å². The van der Waals surface area contributed by atoms with Crippen molar-refractivity contribution in [2.75, 3.05) is 31.5 Å². The van der Waals surface area contributed by atoms with Crippen molar-refractivity contribution < 1.29 is 4.79 Å². The molecule has 1 aromatic rings. The van der Waals surface area contributed by atoms with E-state index in [9.17, 15) is 4.79 Å². The molecule has 2 N–H and O–H groups in total. The van der Waals surface area contributed by atoms with Crippen molar-refractivity contribution in [1.29, 1.82) is 0 Å². The van der Waals surface area contributed by atoms with Crippen LogP contribution in [0.5, 0.6) is 0 Å². The molecule has 1 aliphatic heterocycles. The Morgan fingerprint density at radius 3 is 2.52 bits per heavy atom. The maximum absolute atomic E-state index is 12.2. The van der Waals surface area contributed by atoms with E-state index in [1.54, 1.807) is 18.2 Å². The van der Waals surface area contributed by atoms with Crippen LogP contribution in [0, 0.1) is 0 Å². The van der Waals surface area contributed by atoms with Crippen molar-refractivity contribution in [2.45, 2.75) is 13.0 Å². The van der Waals surface area contributed by atoms with Gasteiger partial charge in [-0.05, 0) is 19.1 Å². The van der Waals surface area contributed by atoms with Crippen LogP contribution in [-0.2, 0) is 4.79 Å². The molecule has 8 heteroatoms. The van der Waals surface area contributed by atoms with Crippen LogP contribution in [0.2, 0.25) is 10.0 Å². The van der Waals surface area contributed by atoms with Gasteiger partial charge in [0.15, 0.2) is 0 Å². The van der Waals surface area contributed by atoms with E-state index in [1.165, 1.54) is 0 Å². The number of halogens is 4. The molecule has 120 valence electrons. The zero-order chi connectivity index (χ0) is 13.8. The summed E-state index contributed by atoms with van der Waals surface area (Å²) in [6.45, 7) is 5.47. The third-order valence-electron chi connectivity index (χ3n) is 3.29. The molecule has 1 saturated heterocycles. The largest absolute Gasteiger partial charge is 0.323 e. The number of anilines is 1. The fraction of sp³-hybridized carbons (Fsp3) is 0.462. The van der Waals surface area contributed by atoms with E-state index in [4.69, 9.17) is 23.2 Å². The molecule has 1 fully saturated rings. The lowest BCUT2D eigenvalue weighted by atomic mass is 10.2. The van der Waals surface area contributed by atoms with Crippen LogP contribution >= 0.6 is 48.0 Å². The lowest BCUT2D eigenvalue weighted by molar-refractivity contribution is -0.120. The molecule has 2 rings (SSSR count). The van der Waals surface area contributed by atoms with E-state index in [2.05, 4.69) is 15.5 Å². The van der Waals surface area contributed by atoms with Crippen molar-refractivity contribution >= 4 is 59.6 Å². The zero-order valence-electron chi connectivity index (χ0n) is 11.6. The maximum Gasteiger partial charge on any atom is 0.241 e. The van der Waals surface area contributed by atoms with E-state index in [1.807, 2.05) is 6.92 Å². The van der Waals surface area contributed by atoms with Gasteiger partial charge in [0.25, 0.3) is 0 Å². The average molecular weight is 375 g/mol. The minimum Gasteiger partial charge on any atom is -0.323 e. The topological polar surface area (TPSA) is 44.4 Å². The second-order valence-corrected chi connectivity index (χ2v) is 5.34. The molecule has 1 atom stereocenters. The fourth-order valence-corrected chi connectivity index (χ4v) is 2.42. The first kappa shape index (κ1) is 20.8. The van der Waals surface area contributed by atoms with Gasteiger partial charge in [-0.1, -0.05) is 29.3 Å². The van der Waals surface area contributed by atoms with Gasteiger partial charge in [0.2, 0.25) is 5.91 Å². The number of benzene rings is 1. The van der Waals surface area contributed by atoms with Crippen molar-refractivity contribution in [3.63, 3.8) is 0 Å². The zero-order valence-corrected chi connectivity index (χ0v) is 14.7. The molecule has 0 aliphatic carbocycles. The molecule has 21 heavy (non-hydrogen) atoms. The highest BCUT2D eigenvalue weighted by Crippen LogP contribution is 2.29. The SMILES string of the molecule is CC(C(=O)Nc1cccc(Cl)c1Cl)N1CCNCC1.Cl.Cl. The number of amides is 1. The lowest BCUT2D eigenvalue weighted by Crippen LogP contribution is -2.51. The summed E-state index contributed by atoms with van der Waals surface area (Å²) in [5.41, 5.74) is 0.557. The van der Waals surface area contributed by atoms with Crippen molar-refractivity contribution in [3.05, 3.63) is 28.2 Å². The summed E-state index contributed by atoms with van der Waals surface area (Å²) in [7, 11) is 0. The highest BCUT2D eigenvalue weighted by molar-refractivity contribution is 6.44. The first-order chi connectivity index (χ1) is 9.09. The van der Waals surface area contributed by atoms with Gasteiger partial charge in [-0.25, -0.2) is 0 Å². The number of carbonyl (C=O) groups is 1. The fourth-order valence-electron chi connectivity index (χ4n) is 2.07. The summed E-state index contributed by atoms with van der Waals surface area (Å²) >= 11 is 12.0. The molecule has 0 saturated carbocycles. The number of carbonyl (C=O) groups excluding carboxylic acids is 1. The number of nitrogens with one attached hydrogen (secondary N) is 2. The monoisotopic (exact) mass is 373 g/mol. The number of hydrogen-bond donors (Lipinski definition) is 2. The molecule has 1 aliphatic rings. The minimum atomic E-state index is -0.183. The highest BCUT2D eigenvalue weighted by atomic mass is 35.5. The van der Waals surface area contributed by atoms with Gasteiger partial charge in [0.1, 0.15) is 0 Å². The predicted molar refractivity (Wildman–Crippen MR) is 93.5 cm³/mol. The Hall–Kier alpha value is -0.230. The summed E-state index contributed by atoms with van der Waals surface area (Å²) in [6.07, 6.45) is 0. The predicted octanol–water partition coefficient (Wildman–Crippen LogP) is 3.07.